The maximum Gasteiger partial charge on any atom is 0.259 e. The van der Waals surface area contributed by atoms with Crippen molar-refractivity contribution >= 4 is 51.4 Å². The lowest BCUT2D eigenvalue weighted by molar-refractivity contribution is 0.102. The first-order valence-corrected chi connectivity index (χ1v) is 9.01. The summed E-state index contributed by atoms with van der Waals surface area (Å²) in [6.07, 6.45) is 0. The Morgan fingerprint density at radius 3 is 2.65 bits per heavy atom. The van der Waals surface area contributed by atoms with Crippen LogP contribution in [-0.2, 0) is 0 Å². The van der Waals surface area contributed by atoms with Gasteiger partial charge < -0.3 is 0 Å². The minimum atomic E-state index is -0.437. The molecule has 0 aliphatic carbocycles. The molecule has 0 bridgehead atoms. The molecule has 5 nitrogen and oxygen atoms in total. The highest BCUT2D eigenvalue weighted by Gasteiger charge is 2.16. The number of halogens is 3. The molecule has 2 aromatic carbocycles. The van der Waals surface area contributed by atoms with Crippen molar-refractivity contribution in [2.45, 2.75) is 0 Å². The Bertz CT molecular complexity index is 1120. The van der Waals surface area contributed by atoms with Gasteiger partial charge in [0.05, 0.1) is 16.3 Å². The lowest BCUT2D eigenvalue weighted by atomic mass is 10.2. The van der Waals surface area contributed by atoms with Crippen molar-refractivity contribution in [3.05, 3.63) is 69.3 Å². The van der Waals surface area contributed by atoms with Crippen molar-refractivity contribution in [3.8, 4) is 11.3 Å². The van der Waals surface area contributed by atoms with Gasteiger partial charge in [0.25, 0.3) is 11.9 Å². The highest BCUT2D eigenvalue weighted by atomic mass is 35.5. The number of nitrogens with one attached hydrogen (secondary N) is 1. The Labute approximate surface area is 161 Å². The van der Waals surface area contributed by atoms with Gasteiger partial charge in [-0.25, -0.2) is 8.91 Å². The summed E-state index contributed by atoms with van der Waals surface area (Å²) in [5.74, 6) is -0.601. The largest absolute Gasteiger partial charge is 0.289 e. The minimum absolute atomic E-state index is 0.149. The predicted octanol–water partition coefficient (Wildman–Crippen LogP) is 5.16. The van der Waals surface area contributed by atoms with Crippen LogP contribution in [-0.4, -0.2) is 20.5 Å². The van der Waals surface area contributed by atoms with Crippen molar-refractivity contribution in [3.63, 3.8) is 0 Å². The molecule has 130 valence electrons. The van der Waals surface area contributed by atoms with Crippen LogP contribution in [0.1, 0.15) is 10.4 Å². The number of benzene rings is 2. The number of thiazole rings is 1. The maximum atomic E-state index is 13.1. The Balaban J connectivity index is 1.64. The van der Waals surface area contributed by atoms with Crippen molar-refractivity contribution < 1.29 is 9.18 Å². The predicted molar refractivity (Wildman–Crippen MR) is 101 cm³/mol. The number of aromatic nitrogens is 3. The van der Waals surface area contributed by atoms with Crippen LogP contribution in [0.2, 0.25) is 10.0 Å². The first-order valence-electron chi connectivity index (χ1n) is 7.38. The molecule has 0 radical (unpaired) electrons. The number of fused-ring (bicyclic) bond motifs is 1. The third-order valence-corrected chi connectivity index (χ3v) is 4.99. The fourth-order valence-corrected chi connectivity index (χ4v) is 3.72. The Kier molecular flexibility index (Phi) is 4.36. The number of anilines is 1. The summed E-state index contributed by atoms with van der Waals surface area (Å²) < 4.78 is 14.7. The number of carbonyl (C=O) groups excluding carboxylic acids is 1. The zero-order chi connectivity index (χ0) is 18.3. The van der Waals surface area contributed by atoms with Crippen molar-refractivity contribution in [2.75, 3.05) is 5.32 Å². The van der Waals surface area contributed by atoms with E-state index in [0.717, 1.165) is 11.3 Å². The second-order valence-electron chi connectivity index (χ2n) is 5.34. The van der Waals surface area contributed by atoms with Crippen LogP contribution < -0.4 is 5.32 Å². The molecule has 9 heteroatoms. The van der Waals surface area contributed by atoms with Crippen molar-refractivity contribution in [1.29, 1.82) is 0 Å². The van der Waals surface area contributed by atoms with Gasteiger partial charge in [-0.3, -0.25) is 10.1 Å². The number of nitrogens with zero attached hydrogens (tertiary/aromatic N) is 3. The molecule has 1 amide bonds. The van der Waals surface area contributed by atoms with Crippen LogP contribution in [0.3, 0.4) is 0 Å². The smallest absolute Gasteiger partial charge is 0.259 e. The Hall–Kier alpha value is -2.48. The SMILES string of the molecule is O=C(Nc1nc2scc(-c3ccc(F)cc3)n2n1)c1ccc(Cl)cc1Cl. The van der Waals surface area contributed by atoms with E-state index in [9.17, 15) is 9.18 Å². The zero-order valence-corrected chi connectivity index (χ0v) is 15.2. The molecule has 2 aromatic heterocycles. The molecular formula is C17H9Cl2FN4OS. The Morgan fingerprint density at radius 2 is 1.92 bits per heavy atom. The van der Waals surface area contributed by atoms with E-state index in [4.69, 9.17) is 23.2 Å². The number of hydrogen-bond donors (Lipinski definition) is 1. The zero-order valence-electron chi connectivity index (χ0n) is 12.9. The third-order valence-electron chi connectivity index (χ3n) is 3.62. The molecule has 0 spiro atoms. The van der Waals surface area contributed by atoms with Crippen LogP contribution in [0.25, 0.3) is 16.2 Å². The quantitative estimate of drug-likeness (QED) is 0.511. The molecule has 26 heavy (non-hydrogen) atoms. The van der Waals surface area contributed by atoms with Crippen LogP contribution >= 0.6 is 34.5 Å². The highest BCUT2D eigenvalue weighted by molar-refractivity contribution is 7.15. The first kappa shape index (κ1) is 17.0. The normalized spacial score (nSPS) is 11.0. The fraction of sp³-hybridized carbons (Fsp3) is 0. The van der Waals surface area contributed by atoms with Gasteiger partial charge in [0.1, 0.15) is 5.82 Å². The number of rotatable bonds is 3. The maximum absolute atomic E-state index is 13.1. The summed E-state index contributed by atoms with van der Waals surface area (Å²) in [6, 6.07) is 10.7. The van der Waals surface area contributed by atoms with Gasteiger partial charge in [-0.15, -0.1) is 16.4 Å². The van der Waals surface area contributed by atoms with E-state index in [1.165, 1.54) is 35.6 Å². The van der Waals surface area contributed by atoms with Crippen LogP contribution in [0.5, 0.6) is 0 Å². The monoisotopic (exact) mass is 406 g/mol. The lowest BCUT2D eigenvalue weighted by Crippen LogP contribution is -2.13. The van der Waals surface area contributed by atoms with Crippen molar-refractivity contribution in [1.82, 2.24) is 14.6 Å². The summed E-state index contributed by atoms with van der Waals surface area (Å²) in [6.45, 7) is 0. The van der Waals surface area contributed by atoms with Gasteiger partial charge in [0.2, 0.25) is 4.96 Å². The Morgan fingerprint density at radius 1 is 1.15 bits per heavy atom. The molecule has 0 aliphatic heterocycles. The minimum Gasteiger partial charge on any atom is -0.289 e. The van der Waals surface area contributed by atoms with Gasteiger partial charge in [-0.1, -0.05) is 23.2 Å². The molecule has 0 saturated heterocycles. The van der Waals surface area contributed by atoms with Gasteiger partial charge in [-0.05, 0) is 42.5 Å². The molecule has 2 heterocycles. The van der Waals surface area contributed by atoms with Crippen LogP contribution in [0.15, 0.2) is 47.8 Å². The molecule has 0 unspecified atom stereocenters. The molecule has 4 aromatic rings. The third kappa shape index (κ3) is 3.16. The average molecular weight is 407 g/mol. The molecule has 0 fully saturated rings. The van der Waals surface area contributed by atoms with Crippen LogP contribution in [0.4, 0.5) is 10.3 Å². The summed E-state index contributed by atoms with van der Waals surface area (Å²) in [5, 5.41) is 9.47. The van der Waals surface area contributed by atoms with Gasteiger partial charge in [0.15, 0.2) is 0 Å². The second-order valence-corrected chi connectivity index (χ2v) is 7.02. The summed E-state index contributed by atoms with van der Waals surface area (Å²) in [7, 11) is 0. The molecule has 0 saturated carbocycles. The molecule has 0 aliphatic rings. The molecule has 4 rings (SSSR count). The van der Waals surface area contributed by atoms with E-state index in [-0.39, 0.29) is 22.4 Å². The van der Waals surface area contributed by atoms with Gasteiger partial charge in [0, 0.05) is 16.0 Å². The first-order chi connectivity index (χ1) is 12.5. The van der Waals surface area contributed by atoms with Gasteiger partial charge >= 0.3 is 0 Å². The van der Waals surface area contributed by atoms with Crippen LogP contribution in [0, 0.1) is 5.82 Å². The topological polar surface area (TPSA) is 59.3 Å². The number of amides is 1. The van der Waals surface area contributed by atoms with Gasteiger partial charge in [-0.2, -0.15) is 4.98 Å². The summed E-state index contributed by atoms with van der Waals surface area (Å²) in [4.78, 5) is 17.3. The number of hydrogen-bond acceptors (Lipinski definition) is 4. The summed E-state index contributed by atoms with van der Waals surface area (Å²) >= 11 is 13.2. The summed E-state index contributed by atoms with van der Waals surface area (Å²) in [5.41, 5.74) is 1.82. The number of carbonyl (C=O) groups is 1. The molecule has 1 N–H and O–H groups in total. The lowest BCUT2D eigenvalue weighted by Gasteiger charge is -2.03. The van der Waals surface area contributed by atoms with E-state index < -0.39 is 5.91 Å². The average Bonchev–Trinajstić information content (AvgIpc) is 3.15. The van der Waals surface area contributed by atoms with E-state index in [0.29, 0.717) is 9.98 Å². The standard InChI is InChI=1S/C17H9Cl2FN4OS/c18-10-3-6-12(13(19)7-10)15(25)21-16-22-17-24(23-16)14(8-26-17)9-1-4-11(20)5-2-9/h1-8H,(H,21,23,25). The molecule has 0 atom stereocenters. The fourth-order valence-electron chi connectivity index (χ4n) is 2.40. The van der Waals surface area contributed by atoms with E-state index in [1.807, 2.05) is 5.38 Å². The molecular weight excluding hydrogens is 398 g/mol. The van der Waals surface area contributed by atoms with E-state index in [1.54, 1.807) is 22.7 Å². The van der Waals surface area contributed by atoms with E-state index in [2.05, 4.69) is 15.4 Å². The second kappa shape index (κ2) is 6.68. The highest BCUT2D eigenvalue weighted by Crippen LogP contribution is 2.26. The van der Waals surface area contributed by atoms with Crippen molar-refractivity contribution in [2.24, 2.45) is 0 Å². The van der Waals surface area contributed by atoms with E-state index >= 15 is 0 Å².